The Balaban J connectivity index is 0.00000108. The quantitative estimate of drug-likeness (QED) is 0.199. The molecule has 1 heterocycles. The minimum atomic E-state index is 0. The Bertz CT molecular complexity index is 444. The van der Waals surface area contributed by atoms with E-state index in [2.05, 4.69) is 26.6 Å². The van der Waals surface area contributed by atoms with Crippen LogP contribution in [0.1, 0.15) is 51.4 Å². The zero-order valence-corrected chi connectivity index (χ0v) is 19.0. The first-order chi connectivity index (χ1) is 14.3. The van der Waals surface area contributed by atoms with Gasteiger partial charge in [-0.25, -0.2) is 0 Å². The smallest absolute Gasteiger partial charge is 0.0221 e. The second kappa shape index (κ2) is 20.0. The van der Waals surface area contributed by atoms with Crippen molar-refractivity contribution < 1.29 is 26.7 Å². The number of carbonyl (C=O) groups excluding carboxylic acids is 2. The summed E-state index contributed by atoms with van der Waals surface area (Å²) in [7, 11) is 0. The number of isocyanates is 2. The summed E-state index contributed by atoms with van der Waals surface area (Å²) >= 11 is 0. The van der Waals surface area contributed by atoms with Crippen LogP contribution in [0.4, 0.5) is 0 Å². The van der Waals surface area contributed by atoms with Gasteiger partial charge in [0.15, 0.2) is 0 Å². The monoisotopic (exact) mass is 462 g/mol. The Morgan fingerprint density at radius 2 is 0.767 bits per heavy atom. The third-order valence-electron chi connectivity index (χ3n) is 5.89. The molecule has 3 rings (SSSR count). The van der Waals surface area contributed by atoms with Crippen LogP contribution < -0.4 is 26.6 Å². The maximum atomic E-state index is 8.24. The van der Waals surface area contributed by atoms with Crippen LogP contribution in [-0.4, -0.2) is 75.6 Å². The number of hydrogen-bond acceptors (Lipinski definition) is 7. The summed E-state index contributed by atoms with van der Waals surface area (Å²) in [6.45, 7) is 6.55. The van der Waals surface area contributed by atoms with Crippen molar-refractivity contribution in [2.24, 2.45) is 0 Å². The molecule has 1 saturated heterocycles. The average molecular weight is 463 g/mol. The Morgan fingerprint density at radius 1 is 0.533 bits per heavy atom. The molecule has 0 spiro atoms. The molecule has 0 aromatic carbocycles. The molecule has 9 nitrogen and oxygen atoms in total. The van der Waals surface area contributed by atoms with Crippen LogP contribution in [0.2, 0.25) is 0 Å². The molecular weight excluding hydrogens is 425 g/mol. The van der Waals surface area contributed by atoms with Crippen LogP contribution in [0.5, 0.6) is 0 Å². The molecular formula is C20H37MnN7O2-2. The average Bonchev–Trinajstić information content (AvgIpc) is 2.73. The third kappa shape index (κ3) is 12.7. The van der Waals surface area contributed by atoms with E-state index in [-0.39, 0.29) is 17.1 Å². The SMILES string of the molecule is C1CC[C@H]2NCCNCCN[C@@H]3CCCCC3NCCNC2C1.[Mn].[N-]=C=O.[N-]=C=O. The molecule has 2 unspecified atom stereocenters. The fraction of sp³-hybridized carbons (Fsp3) is 0.900. The van der Waals surface area contributed by atoms with Gasteiger partial charge in [0.05, 0.1) is 0 Å². The predicted molar refractivity (Wildman–Crippen MR) is 115 cm³/mol. The van der Waals surface area contributed by atoms with E-state index >= 15 is 0 Å². The minimum absolute atomic E-state index is 0. The molecule has 2 aliphatic carbocycles. The Morgan fingerprint density at radius 3 is 1.03 bits per heavy atom. The third-order valence-corrected chi connectivity index (χ3v) is 5.89. The van der Waals surface area contributed by atoms with Gasteiger partial charge in [0.2, 0.25) is 0 Å². The Kier molecular flexibility index (Phi) is 19.4. The molecule has 4 atom stereocenters. The van der Waals surface area contributed by atoms with Crippen LogP contribution in [0, 0.1) is 0 Å². The van der Waals surface area contributed by atoms with E-state index in [9.17, 15) is 0 Å². The van der Waals surface area contributed by atoms with E-state index in [1.54, 1.807) is 0 Å². The van der Waals surface area contributed by atoms with E-state index in [1.807, 2.05) is 0 Å². The summed E-state index contributed by atoms with van der Waals surface area (Å²) in [5.74, 6) is 0. The van der Waals surface area contributed by atoms with Crippen molar-refractivity contribution in [3.05, 3.63) is 10.8 Å². The van der Waals surface area contributed by atoms with Gasteiger partial charge in [-0.05, 0) is 37.8 Å². The molecule has 5 N–H and O–H groups in total. The fourth-order valence-electron chi connectivity index (χ4n) is 4.57. The van der Waals surface area contributed by atoms with Crippen LogP contribution in [0.25, 0.3) is 10.8 Å². The largest absolute Gasteiger partial charge is 0.724 e. The van der Waals surface area contributed by atoms with Gasteiger partial charge in [-0.3, -0.25) is 9.59 Å². The first-order valence-corrected chi connectivity index (χ1v) is 10.9. The summed E-state index contributed by atoms with van der Waals surface area (Å²) < 4.78 is 0. The number of nitrogens with one attached hydrogen (secondary N) is 5. The van der Waals surface area contributed by atoms with E-state index in [4.69, 9.17) is 20.4 Å². The van der Waals surface area contributed by atoms with Crippen molar-refractivity contribution in [3.63, 3.8) is 0 Å². The van der Waals surface area contributed by atoms with Crippen molar-refractivity contribution in [2.75, 3.05) is 39.3 Å². The summed E-state index contributed by atoms with van der Waals surface area (Å²) in [5, 5.41) is 32.3. The summed E-state index contributed by atoms with van der Waals surface area (Å²) in [6.07, 6.45) is 11.9. The maximum Gasteiger partial charge on any atom is 0.0221 e. The number of hydrogen-bond donors (Lipinski definition) is 5. The van der Waals surface area contributed by atoms with Gasteiger partial charge in [-0.1, -0.05) is 25.7 Å². The van der Waals surface area contributed by atoms with E-state index in [0.717, 1.165) is 39.3 Å². The molecule has 0 aromatic rings. The maximum absolute atomic E-state index is 8.24. The van der Waals surface area contributed by atoms with E-state index < -0.39 is 0 Å². The van der Waals surface area contributed by atoms with Crippen molar-refractivity contribution in [1.82, 2.24) is 26.6 Å². The standard InChI is InChI=1S/C18H37N5.2CNO.Mn/c1-3-7-17-15(5-1)20-11-9-19-10-12-21-16-6-2-4-8-18(16)23-14-13-22-17;2*2-1-3;/h15-23H,1-14H2;;;/q;2*-1;/t15-,16-,17?,18?;;;/m1.../s1. The second-order valence-corrected chi connectivity index (χ2v) is 7.74. The van der Waals surface area contributed by atoms with E-state index in [0.29, 0.717) is 36.3 Å². The molecule has 3 fully saturated rings. The zero-order chi connectivity index (χ0) is 21.2. The summed E-state index contributed by atoms with van der Waals surface area (Å²) in [4.78, 5) is 16.5. The molecule has 1 aliphatic heterocycles. The zero-order valence-electron chi connectivity index (χ0n) is 17.8. The first-order valence-electron chi connectivity index (χ1n) is 10.9. The molecule has 3 aliphatic rings. The number of rotatable bonds is 0. The first kappa shape index (κ1) is 29.1. The second-order valence-electron chi connectivity index (χ2n) is 7.74. The van der Waals surface area contributed by atoms with Crippen molar-refractivity contribution in [2.45, 2.75) is 75.5 Å². The number of fused-ring (bicyclic) bond motifs is 2. The number of nitrogens with zero attached hydrogens (tertiary/aromatic N) is 2. The van der Waals surface area contributed by atoms with Gasteiger partial charge in [-0.15, -0.1) is 0 Å². The normalized spacial score (nSPS) is 30.1. The molecule has 10 heteroatoms. The molecule has 173 valence electrons. The Hall–Kier alpha value is -0.921. The van der Waals surface area contributed by atoms with Crippen molar-refractivity contribution in [3.8, 4) is 0 Å². The van der Waals surface area contributed by atoms with Crippen LogP contribution >= 0.6 is 0 Å². The van der Waals surface area contributed by atoms with Gasteiger partial charge in [0.25, 0.3) is 0 Å². The summed E-state index contributed by atoms with van der Waals surface area (Å²) in [6, 6.07) is 2.65. The van der Waals surface area contributed by atoms with Gasteiger partial charge >= 0.3 is 0 Å². The van der Waals surface area contributed by atoms with Gasteiger partial charge < -0.3 is 37.4 Å². The summed E-state index contributed by atoms with van der Waals surface area (Å²) in [5.41, 5.74) is 0. The van der Waals surface area contributed by atoms with Gasteiger partial charge in [0.1, 0.15) is 0 Å². The fourth-order valence-corrected chi connectivity index (χ4v) is 4.57. The minimum Gasteiger partial charge on any atom is -0.724 e. The molecule has 0 amide bonds. The van der Waals surface area contributed by atoms with Gasteiger partial charge in [0, 0.05) is 80.5 Å². The van der Waals surface area contributed by atoms with Crippen LogP contribution in [0.15, 0.2) is 0 Å². The van der Waals surface area contributed by atoms with Gasteiger partial charge in [-0.2, -0.15) is 0 Å². The van der Waals surface area contributed by atoms with Crippen LogP contribution in [-0.2, 0) is 26.7 Å². The topological polar surface area (TPSA) is 139 Å². The van der Waals surface area contributed by atoms with Crippen molar-refractivity contribution in [1.29, 1.82) is 0 Å². The molecule has 1 radical (unpaired) electrons. The molecule has 0 aromatic heterocycles. The van der Waals surface area contributed by atoms with E-state index in [1.165, 1.54) is 51.4 Å². The molecule has 30 heavy (non-hydrogen) atoms. The van der Waals surface area contributed by atoms with Crippen molar-refractivity contribution >= 4 is 12.2 Å². The molecule has 0 bridgehead atoms. The molecule has 2 saturated carbocycles. The Labute approximate surface area is 191 Å². The van der Waals surface area contributed by atoms with Crippen LogP contribution in [0.3, 0.4) is 0 Å². The predicted octanol–water partition coefficient (Wildman–Crippen LogP) is 0.351.